The Morgan fingerprint density at radius 1 is 1.39 bits per heavy atom. The Labute approximate surface area is 106 Å². The van der Waals surface area contributed by atoms with E-state index >= 15 is 0 Å². The molecule has 1 aliphatic heterocycles. The van der Waals surface area contributed by atoms with Crippen molar-refractivity contribution in [3.8, 4) is 0 Å². The molecule has 94 valence electrons. The number of ether oxygens (including phenoxy) is 1. The number of nitrogen functional groups attached to an aromatic ring is 1. The average molecular weight is 244 g/mol. The van der Waals surface area contributed by atoms with Crippen molar-refractivity contribution >= 4 is 22.4 Å². The van der Waals surface area contributed by atoms with Gasteiger partial charge in [-0.2, -0.15) is 0 Å². The van der Waals surface area contributed by atoms with E-state index in [2.05, 4.69) is 14.9 Å². The quantitative estimate of drug-likeness (QED) is 0.810. The molecule has 0 bridgehead atoms. The molecule has 0 spiro atoms. The van der Waals surface area contributed by atoms with Crippen molar-refractivity contribution in [1.29, 1.82) is 0 Å². The van der Waals surface area contributed by atoms with E-state index in [0.29, 0.717) is 0 Å². The van der Waals surface area contributed by atoms with Gasteiger partial charge in [0.25, 0.3) is 0 Å². The SMILES string of the molecule is COC1CCN(c2ncnc3ccc(N)cc23)C1. The zero-order valence-corrected chi connectivity index (χ0v) is 10.3. The van der Waals surface area contributed by atoms with Crippen LogP contribution < -0.4 is 10.6 Å². The summed E-state index contributed by atoms with van der Waals surface area (Å²) in [6.45, 7) is 1.83. The number of nitrogens with zero attached hydrogens (tertiary/aromatic N) is 3. The van der Waals surface area contributed by atoms with Crippen LogP contribution in [0.3, 0.4) is 0 Å². The van der Waals surface area contributed by atoms with Gasteiger partial charge in [0.1, 0.15) is 12.1 Å². The van der Waals surface area contributed by atoms with Crippen LogP contribution in [0.2, 0.25) is 0 Å². The summed E-state index contributed by atoms with van der Waals surface area (Å²) in [5, 5.41) is 1.01. The Balaban J connectivity index is 2.04. The number of nitrogens with two attached hydrogens (primary N) is 1. The molecule has 1 aromatic carbocycles. The number of methoxy groups -OCH3 is 1. The zero-order chi connectivity index (χ0) is 12.5. The minimum Gasteiger partial charge on any atom is -0.399 e. The minimum absolute atomic E-state index is 0.288. The van der Waals surface area contributed by atoms with Gasteiger partial charge in [0.15, 0.2) is 0 Å². The molecule has 1 fully saturated rings. The first-order valence-corrected chi connectivity index (χ1v) is 6.06. The fourth-order valence-electron chi connectivity index (χ4n) is 2.43. The van der Waals surface area contributed by atoms with E-state index in [1.807, 2.05) is 18.2 Å². The van der Waals surface area contributed by atoms with E-state index in [9.17, 15) is 0 Å². The second-order valence-electron chi connectivity index (χ2n) is 4.57. The Bertz CT molecular complexity index is 572. The van der Waals surface area contributed by atoms with Crippen molar-refractivity contribution in [3.63, 3.8) is 0 Å². The monoisotopic (exact) mass is 244 g/mol. The summed E-state index contributed by atoms with van der Waals surface area (Å²) < 4.78 is 5.39. The van der Waals surface area contributed by atoms with E-state index < -0.39 is 0 Å². The van der Waals surface area contributed by atoms with Crippen molar-refractivity contribution in [3.05, 3.63) is 24.5 Å². The minimum atomic E-state index is 0.288. The fourth-order valence-corrected chi connectivity index (χ4v) is 2.43. The third-order valence-electron chi connectivity index (χ3n) is 3.42. The Morgan fingerprint density at radius 3 is 3.06 bits per heavy atom. The van der Waals surface area contributed by atoms with Crippen LogP contribution >= 0.6 is 0 Å². The highest BCUT2D eigenvalue weighted by Crippen LogP contribution is 2.27. The van der Waals surface area contributed by atoms with Crippen LogP contribution in [0.5, 0.6) is 0 Å². The highest BCUT2D eigenvalue weighted by Gasteiger charge is 2.24. The molecular formula is C13H16N4O. The molecule has 1 aliphatic rings. The lowest BCUT2D eigenvalue weighted by atomic mass is 10.2. The molecule has 3 rings (SSSR count). The smallest absolute Gasteiger partial charge is 0.140 e. The summed E-state index contributed by atoms with van der Waals surface area (Å²) in [6, 6.07) is 5.73. The number of hydrogen-bond donors (Lipinski definition) is 1. The van der Waals surface area contributed by atoms with Gasteiger partial charge in [-0.25, -0.2) is 9.97 Å². The van der Waals surface area contributed by atoms with Gasteiger partial charge in [0.2, 0.25) is 0 Å². The molecule has 2 aromatic rings. The van der Waals surface area contributed by atoms with E-state index in [1.165, 1.54) is 0 Å². The van der Waals surface area contributed by atoms with Crippen molar-refractivity contribution in [2.75, 3.05) is 30.8 Å². The van der Waals surface area contributed by atoms with Gasteiger partial charge in [-0.1, -0.05) is 0 Å². The van der Waals surface area contributed by atoms with E-state index in [4.69, 9.17) is 10.5 Å². The standard InChI is InChI=1S/C13H16N4O/c1-18-10-4-5-17(7-10)13-11-6-9(14)2-3-12(11)15-8-16-13/h2-3,6,8,10H,4-5,7,14H2,1H3. The molecule has 1 saturated heterocycles. The number of rotatable bonds is 2. The molecule has 18 heavy (non-hydrogen) atoms. The first kappa shape index (κ1) is 11.2. The largest absolute Gasteiger partial charge is 0.399 e. The van der Waals surface area contributed by atoms with E-state index in [0.717, 1.165) is 41.9 Å². The lowest BCUT2D eigenvalue weighted by Crippen LogP contribution is -2.23. The third kappa shape index (κ3) is 1.86. The maximum absolute atomic E-state index is 5.85. The fraction of sp³-hybridized carbons (Fsp3) is 0.385. The van der Waals surface area contributed by atoms with Crippen LogP contribution in [0.25, 0.3) is 10.9 Å². The van der Waals surface area contributed by atoms with Gasteiger partial charge in [0.05, 0.1) is 11.6 Å². The predicted molar refractivity (Wildman–Crippen MR) is 71.6 cm³/mol. The second kappa shape index (κ2) is 4.42. The van der Waals surface area contributed by atoms with Crippen molar-refractivity contribution in [2.45, 2.75) is 12.5 Å². The van der Waals surface area contributed by atoms with Gasteiger partial charge in [-0.15, -0.1) is 0 Å². The number of hydrogen-bond acceptors (Lipinski definition) is 5. The molecule has 0 aliphatic carbocycles. The van der Waals surface area contributed by atoms with Crippen LogP contribution in [0, 0.1) is 0 Å². The molecule has 0 radical (unpaired) electrons. The highest BCUT2D eigenvalue weighted by atomic mass is 16.5. The van der Waals surface area contributed by atoms with Gasteiger partial charge < -0.3 is 15.4 Å². The number of anilines is 2. The average Bonchev–Trinajstić information content (AvgIpc) is 2.86. The highest BCUT2D eigenvalue weighted by molar-refractivity contribution is 5.91. The van der Waals surface area contributed by atoms with Gasteiger partial charge in [0, 0.05) is 31.3 Å². The van der Waals surface area contributed by atoms with Crippen molar-refractivity contribution in [1.82, 2.24) is 9.97 Å². The summed E-state index contributed by atoms with van der Waals surface area (Å²) in [6.07, 6.45) is 2.93. The number of benzene rings is 1. The molecule has 0 saturated carbocycles. The molecule has 1 aromatic heterocycles. The van der Waals surface area contributed by atoms with Crippen molar-refractivity contribution in [2.24, 2.45) is 0 Å². The van der Waals surface area contributed by atoms with E-state index in [1.54, 1.807) is 13.4 Å². The normalized spacial score (nSPS) is 19.6. The molecular weight excluding hydrogens is 228 g/mol. The van der Waals surface area contributed by atoms with Crippen LogP contribution in [0.15, 0.2) is 24.5 Å². The van der Waals surface area contributed by atoms with Gasteiger partial charge >= 0.3 is 0 Å². The lowest BCUT2D eigenvalue weighted by molar-refractivity contribution is 0.121. The Morgan fingerprint density at radius 2 is 2.28 bits per heavy atom. The Hall–Kier alpha value is -1.88. The summed E-state index contributed by atoms with van der Waals surface area (Å²) in [4.78, 5) is 10.9. The zero-order valence-electron chi connectivity index (χ0n) is 10.3. The maximum Gasteiger partial charge on any atom is 0.140 e. The molecule has 5 nitrogen and oxygen atoms in total. The molecule has 1 unspecified atom stereocenters. The van der Waals surface area contributed by atoms with Crippen LogP contribution in [-0.4, -0.2) is 36.3 Å². The number of aromatic nitrogens is 2. The van der Waals surface area contributed by atoms with Gasteiger partial charge in [-0.3, -0.25) is 0 Å². The van der Waals surface area contributed by atoms with Gasteiger partial charge in [-0.05, 0) is 24.6 Å². The van der Waals surface area contributed by atoms with Crippen molar-refractivity contribution < 1.29 is 4.74 Å². The summed E-state index contributed by atoms with van der Waals surface area (Å²) >= 11 is 0. The molecule has 1 atom stereocenters. The van der Waals surface area contributed by atoms with E-state index in [-0.39, 0.29) is 6.10 Å². The Kier molecular flexibility index (Phi) is 2.76. The second-order valence-corrected chi connectivity index (χ2v) is 4.57. The molecule has 5 heteroatoms. The molecule has 2 N–H and O–H groups in total. The first-order valence-electron chi connectivity index (χ1n) is 6.06. The summed E-state index contributed by atoms with van der Waals surface area (Å²) in [5.74, 6) is 0.951. The first-order chi connectivity index (χ1) is 8.78. The maximum atomic E-state index is 5.85. The predicted octanol–water partition coefficient (Wildman–Crippen LogP) is 1.44. The third-order valence-corrected chi connectivity index (χ3v) is 3.42. The molecule has 0 amide bonds. The number of fused-ring (bicyclic) bond motifs is 1. The summed E-state index contributed by atoms with van der Waals surface area (Å²) in [7, 11) is 1.75. The molecule has 2 heterocycles. The lowest BCUT2D eigenvalue weighted by Gasteiger charge is -2.18. The summed E-state index contributed by atoms with van der Waals surface area (Å²) in [5.41, 5.74) is 7.51. The topological polar surface area (TPSA) is 64.3 Å². The van der Waals surface area contributed by atoms with Crippen LogP contribution in [0.4, 0.5) is 11.5 Å². The van der Waals surface area contributed by atoms with Crippen LogP contribution in [-0.2, 0) is 4.74 Å². The van der Waals surface area contributed by atoms with Crippen LogP contribution in [0.1, 0.15) is 6.42 Å².